The molecule has 0 radical (unpaired) electrons. The Bertz CT molecular complexity index is 593. The van der Waals surface area contributed by atoms with Crippen molar-refractivity contribution < 1.29 is 9.59 Å². The molecule has 0 aromatic heterocycles. The van der Waals surface area contributed by atoms with Gasteiger partial charge in [-0.05, 0) is 43.4 Å². The van der Waals surface area contributed by atoms with E-state index in [2.05, 4.69) is 5.32 Å². The highest BCUT2D eigenvalue weighted by atomic mass is 35.5. The van der Waals surface area contributed by atoms with Gasteiger partial charge >= 0.3 is 0 Å². The van der Waals surface area contributed by atoms with Crippen LogP contribution in [0.5, 0.6) is 0 Å². The molecule has 1 aliphatic heterocycles. The van der Waals surface area contributed by atoms with Crippen LogP contribution in [0.25, 0.3) is 0 Å². The van der Waals surface area contributed by atoms with Gasteiger partial charge in [0, 0.05) is 36.8 Å². The van der Waals surface area contributed by atoms with E-state index in [4.69, 9.17) is 5.73 Å². The third-order valence-electron chi connectivity index (χ3n) is 4.93. The molecule has 5 nitrogen and oxygen atoms in total. The summed E-state index contributed by atoms with van der Waals surface area (Å²) in [5.74, 6) is 0.450. The second-order valence-electron chi connectivity index (χ2n) is 6.66. The van der Waals surface area contributed by atoms with Gasteiger partial charge in [-0.2, -0.15) is 0 Å². The number of hydrogen-bond acceptors (Lipinski definition) is 3. The molecule has 3 N–H and O–H groups in total. The van der Waals surface area contributed by atoms with E-state index in [1.165, 1.54) is 6.42 Å². The van der Waals surface area contributed by atoms with Crippen molar-refractivity contribution in [3.63, 3.8) is 0 Å². The zero-order valence-corrected chi connectivity index (χ0v) is 14.7. The molecule has 2 fully saturated rings. The number of carbonyl (C=O) groups is 2. The Balaban J connectivity index is 0.00000208. The van der Waals surface area contributed by atoms with Crippen molar-refractivity contribution in [2.24, 2.45) is 11.7 Å². The number of nitrogens with two attached hydrogens (primary N) is 1. The van der Waals surface area contributed by atoms with Gasteiger partial charge in [-0.3, -0.25) is 9.59 Å². The van der Waals surface area contributed by atoms with Crippen molar-refractivity contribution in [3.05, 3.63) is 24.3 Å². The van der Waals surface area contributed by atoms with E-state index in [0.717, 1.165) is 43.6 Å². The predicted octanol–water partition coefficient (Wildman–Crippen LogP) is 3.08. The highest BCUT2D eigenvalue weighted by Crippen LogP contribution is 2.27. The lowest BCUT2D eigenvalue weighted by Crippen LogP contribution is -2.35. The Hall–Kier alpha value is -1.59. The minimum Gasteiger partial charge on any atom is -0.327 e. The lowest BCUT2D eigenvalue weighted by molar-refractivity contribution is -0.118. The molecule has 6 heteroatoms. The number of benzene rings is 1. The fourth-order valence-corrected chi connectivity index (χ4v) is 3.61. The number of anilines is 2. The lowest BCUT2D eigenvalue weighted by atomic mass is 9.83. The van der Waals surface area contributed by atoms with Gasteiger partial charge in [0.1, 0.15) is 0 Å². The molecule has 1 aliphatic carbocycles. The summed E-state index contributed by atoms with van der Waals surface area (Å²) in [5.41, 5.74) is 7.73. The Kier molecular flexibility index (Phi) is 6.63. The minimum absolute atomic E-state index is 0. The smallest absolute Gasteiger partial charge is 0.227 e. The number of halogens is 1. The Morgan fingerprint density at radius 1 is 1.25 bits per heavy atom. The summed E-state index contributed by atoms with van der Waals surface area (Å²) in [6.07, 6.45) is 6.38. The second-order valence-corrected chi connectivity index (χ2v) is 6.66. The minimum atomic E-state index is 0. The molecule has 1 aromatic rings. The van der Waals surface area contributed by atoms with E-state index < -0.39 is 0 Å². The average Bonchev–Trinajstić information content (AvgIpc) is 2.96. The number of nitrogens with one attached hydrogen (secondary N) is 1. The van der Waals surface area contributed by atoms with Gasteiger partial charge in [-0.25, -0.2) is 0 Å². The first-order chi connectivity index (χ1) is 11.1. The van der Waals surface area contributed by atoms with E-state index in [9.17, 15) is 9.59 Å². The number of amides is 2. The first-order valence-corrected chi connectivity index (χ1v) is 8.59. The largest absolute Gasteiger partial charge is 0.327 e. The number of rotatable bonds is 4. The third kappa shape index (κ3) is 4.48. The monoisotopic (exact) mass is 351 g/mol. The second kappa shape index (κ2) is 8.49. The molecule has 132 valence electrons. The Labute approximate surface area is 149 Å². The summed E-state index contributed by atoms with van der Waals surface area (Å²) >= 11 is 0. The molecule has 1 aromatic carbocycles. The molecule has 0 bridgehead atoms. The van der Waals surface area contributed by atoms with Crippen LogP contribution in [-0.2, 0) is 9.59 Å². The van der Waals surface area contributed by atoms with Crippen LogP contribution in [0.2, 0.25) is 0 Å². The van der Waals surface area contributed by atoms with E-state index in [0.29, 0.717) is 12.8 Å². The van der Waals surface area contributed by atoms with Crippen LogP contribution >= 0.6 is 12.4 Å². The molecule has 0 spiro atoms. The third-order valence-corrected chi connectivity index (χ3v) is 4.93. The summed E-state index contributed by atoms with van der Waals surface area (Å²) in [6.45, 7) is 0.757. The standard InChI is InChI=1S/C18H25N3O2.ClH/c19-16-8-2-1-5-13(16)11-17(22)20-14-6-3-7-15(12-14)21-10-4-9-18(21)23;/h3,6-7,12-13,16H,1-2,4-5,8-11,19H2,(H,20,22);1H. The van der Waals surface area contributed by atoms with Crippen LogP contribution in [0, 0.1) is 5.92 Å². The summed E-state index contributed by atoms with van der Waals surface area (Å²) in [6, 6.07) is 7.67. The fourth-order valence-electron chi connectivity index (χ4n) is 3.61. The van der Waals surface area contributed by atoms with Crippen LogP contribution in [0.3, 0.4) is 0 Å². The van der Waals surface area contributed by atoms with Gasteiger partial charge in [0.15, 0.2) is 0 Å². The molecule has 2 amide bonds. The van der Waals surface area contributed by atoms with Crippen molar-refractivity contribution in [2.45, 2.75) is 51.0 Å². The van der Waals surface area contributed by atoms with Crippen molar-refractivity contribution in [1.29, 1.82) is 0 Å². The summed E-state index contributed by atoms with van der Waals surface area (Å²) in [4.78, 5) is 25.9. The highest BCUT2D eigenvalue weighted by molar-refractivity contribution is 5.97. The van der Waals surface area contributed by atoms with Gasteiger partial charge in [0.2, 0.25) is 11.8 Å². The van der Waals surface area contributed by atoms with Crippen molar-refractivity contribution in [1.82, 2.24) is 0 Å². The van der Waals surface area contributed by atoms with Crippen molar-refractivity contribution >= 4 is 35.6 Å². The van der Waals surface area contributed by atoms with Crippen LogP contribution in [0.15, 0.2) is 24.3 Å². The molecule has 24 heavy (non-hydrogen) atoms. The molecule has 2 unspecified atom stereocenters. The fraction of sp³-hybridized carbons (Fsp3) is 0.556. The molecule has 2 aliphatic rings. The molecule has 1 saturated heterocycles. The van der Waals surface area contributed by atoms with Gasteiger partial charge in [-0.15, -0.1) is 12.4 Å². The lowest BCUT2D eigenvalue weighted by Gasteiger charge is -2.28. The number of nitrogens with zero attached hydrogens (tertiary/aromatic N) is 1. The number of carbonyl (C=O) groups excluding carboxylic acids is 2. The molecule has 3 rings (SSSR count). The first-order valence-electron chi connectivity index (χ1n) is 8.59. The zero-order valence-electron chi connectivity index (χ0n) is 13.9. The Morgan fingerprint density at radius 2 is 2.04 bits per heavy atom. The zero-order chi connectivity index (χ0) is 16.2. The molecular formula is C18H26ClN3O2. The molecule has 1 heterocycles. The van der Waals surface area contributed by atoms with Crippen molar-refractivity contribution in [2.75, 3.05) is 16.8 Å². The van der Waals surface area contributed by atoms with Gasteiger partial charge in [0.25, 0.3) is 0 Å². The van der Waals surface area contributed by atoms with Gasteiger partial charge < -0.3 is 16.0 Å². The normalized spacial score (nSPS) is 23.7. The SMILES string of the molecule is Cl.NC1CCCCC1CC(=O)Nc1cccc(N2CCCC2=O)c1. The maximum absolute atomic E-state index is 12.3. The van der Waals surface area contributed by atoms with E-state index in [-0.39, 0.29) is 36.2 Å². The summed E-state index contributed by atoms with van der Waals surface area (Å²) in [7, 11) is 0. The summed E-state index contributed by atoms with van der Waals surface area (Å²) < 4.78 is 0. The van der Waals surface area contributed by atoms with Crippen LogP contribution in [-0.4, -0.2) is 24.4 Å². The highest BCUT2D eigenvalue weighted by Gasteiger charge is 2.25. The molecule has 2 atom stereocenters. The van der Waals surface area contributed by atoms with Crippen molar-refractivity contribution in [3.8, 4) is 0 Å². The first kappa shape index (κ1) is 18.7. The van der Waals surface area contributed by atoms with E-state index in [1.807, 2.05) is 24.3 Å². The van der Waals surface area contributed by atoms with E-state index >= 15 is 0 Å². The van der Waals surface area contributed by atoms with Gasteiger partial charge in [0.05, 0.1) is 0 Å². The molecular weight excluding hydrogens is 326 g/mol. The quantitative estimate of drug-likeness (QED) is 0.875. The number of hydrogen-bond donors (Lipinski definition) is 2. The van der Waals surface area contributed by atoms with Gasteiger partial charge in [-0.1, -0.05) is 18.9 Å². The van der Waals surface area contributed by atoms with Crippen LogP contribution in [0.4, 0.5) is 11.4 Å². The van der Waals surface area contributed by atoms with Crippen LogP contribution < -0.4 is 16.0 Å². The average molecular weight is 352 g/mol. The predicted molar refractivity (Wildman–Crippen MR) is 98.5 cm³/mol. The van der Waals surface area contributed by atoms with E-state index in [1.54, 1.807) is 4.90 Å². The molecule has 1 saturated carbocycles. The maximum Gasteiger partial charge on any atom is 0.227 e. The summed E-state index contributed by atoms with van der Waals surface area (Å²) in [5, 5.41) is 2.96. The Morgan fingerprint density at radius 3 is 2.75 bits per heavy atom. The maximum atomic E-state index is 12.3. The topological polar surface area (TPSA) is 75.4 Å². The van der Waals surface area contributed by atoms with Crippen LogP contribution in [0.1, 0.15) is 44.9 Å².